The zero-order chi connectivity index (χ0) is 22.8. The van der Waals surface area contributed by atoms with Crippen LogP contribution in [0.5, 0.6) is 0 Å². The second kappa shape index (κ2) is 12.5. The number of guanidine groups is 1. The van der Waals surface area contributed by atoms with Crippen LogP contribution >= 0.6 is 0 Å². The van der Waals surface area contributed by atoms with Gasteiger partial charge in [-0.2, -0.15) is 0 Å². The molecule has 176 valence electrons. The van der Waals surface area contributed by atoms with E-state index in [0.29, 0.717) is 25.4 Å². The van der Waals surface area contributed by atoms with Gasteiger partial charge in [0.1, 0.15) is 5.60 Å². The van der Waals surface area contributed by atoms with E-state index in [9.17, 15) is 9.00 Å². The number of nitrogens with one attached hydrogen (secondary N) is 2. The molecule has 0 aromatic rings. The molecule has 1 heterocycles. The predicted octanol–water partition coefficient (Wildman–Crippen LogP) is 2.50. The van der Waals surface area contributed by atoms with Gasteiger partial charge in [0.05, 0.1) is 6.10 Å². The van der Waals surface area contributed by atoms with Crippen molar-refractivity contribution in [2.24, 2.45) is 4.99 Å². The van der Waals surface area contributed by atoms with Crippen LogP contribution in [-0.4, -0.2) is 83.2 Å². The highest BCUT2D eigenvalue weighted by atomic mass is 32.2. The maximum Gasteiger partial charge on any atom is 0.407 e. The standard InChI is InChI=1S/C21H42N4O4S/c1-20(2,3)29-19(26)24-11-8-15-28-17-9-13-25(14-10-17)18(22-7)23-12-16-30(27)21(4,5)6/h17H,8-16H2,1-7H3,(H,22,23)(H,24,26). The molecule has 0 radical (unpaired) electrons. The third kappa shape index (κ3) is 11.2. The largest absolute Gasteiger partial charge is 0.444 e. The monoisotopic (exact) mass is 446 g/mol. The van der Waals surface area contributed by atoms with E-state index in [4.69, 9.17) is 9.47 Å². The van der Waals surface area contributed by atoms with E-state index in [2.05, 4.69) is 20.5 Å². The minimum absolute atomic E-state index is 0.191. The maximum atomic E-state index is 12.2. The molecule has 2 N–H and O–H groups in total. The van der Waals surface area contributed by atoms with E-state index in [1.165, 1.54) is 0 Å². The van der Waals surface area contributed by atoms with Gasteiger partial charge in [0.2, 0.25) is 0 Å². The number of hydrogen-bond acceptors (Lipinski definition) is 5. The second-order valence-corrected chi connectivity index (χ2v) is 11.8. The van der Waals surface area contributed by atoms with E-state index < -0.39 is 16.4 Å². The Morgan fingerprint density at radius 1 is 1.10 bits per heavy atom. The molecule has 1 unspecified atom stereocenters. The molecule has 0 aromatic heterocycles. The van der Waals surface area contributed by atoms with Crippen molar-refractivity contribution in [2.75, 3.05) is 45.6 Å². The fourth-order valence-corrected chi connectivity index (χ4v) is 3.85. The Bertz CT molecular complexity index is 577. The van der Waals surface area contributed by atoms with Crippen LogP contribution in [0.2, 0.25) is 0 Å². The number of aliphatic imine (C=N–C) groups is 1. The first kappa shape index (κ1) is 26.7. The average molecular weight is 447 g/mol. The van der Waals surface area contributed by atoms with Crippen molar-refractivity contribution in [1.29, 1.82) is 0 Å². The third-order valence-electron chi connectivity index (χ3n) is 4.55. The van der Waals surface area contributed by atoms with E-state index in [1.807, 2.05) is 41.5 Å². The Kier molecular flexibility index (Phi) is 11.1. The number of rotatable bonds is 8. The highest BCUT2D eigenvalue weighted by molar-refractivity contribution is 7.86. The number of ether oxygens (including phenoxy) is 2. The molecule has 0 spiro atoms. The topological polar surface area (TPSA) is 92.3 Å². The molecule has 1 aliphatic heterocycles. The van der Waals surface area contributed by atoms with Gasteiger partial charge < -0.3 is 25.0 Å². The fourth-order valence-electron chi connectivity index (χ4n) is 2.96. The summed E-state index contributed by atoms with van der Waals surface area (Å²) in [5.41, 5.74) is -0.478. The number of carbonyl (C=O) groups excluding carboxylic acids is 1. The Morgan fingerprint density at radius 3 is 2.27 bits per heavy atom. The zero-order valence-corrected chi connectivity index (χ0v) is 20.7. The molecule has 1 rings (SSSR count). The van der Waals surface area contributed by atoms with Gasteiger partial charge >= 0.3 is 6.09 Å². The molecule has 1 atom stereocenters. The van der Waals surface area contributed by atoms with E-state index in [1.54, 1.807) is 7.05 Å². The number of piperidine rings is 1. The van der Waals surface area contributed by atoms with Crippen LogP contribution in [0.1, 0.15) is 60.8 Å². The van der Waals surface area contributed by atoms with Gasteiger partial charge in [0, 0.05) is 61.1 Å². The number of alkyl carbamates (subject to hydrolysis) is 1. The van der Waals surface area contributed by atoms with Crippen molar-refractivity contribution in [3.05, 3.63) is 0 Å². The summed E-state index contributed by atoms with van der Waals surface area (Å²) in [6, 6.07) is 0. The van der Waals surface area contributed by atoms with Gasteiger partial charge in [-0.1, -0.05) is 0 Å². The quantitative estimate of drug-likeness (QED) is 0.338. The lowest BCUT2D eigenvalue weighted by Gasteiger charge is -2.34. The summed E-state index contributed by atoms with van der Waals surface area (Å²) >= 11 is 0. The third-order valence-corrected chi connectivity index (χ3v) is 6.49. The fraction of sp³-hybridized carbons (Fsp3) is 0.905. The van der Waals surface area contributed by atoms with Crippen molar-refractivity contribution < 1.29 is 18.5 Å². The first-order valence-electron chi connectivity index (χ1n) is 10.8. The van der Waals surface area contributed by atoms with Crippen LogP contribution in [0.25, 0.3) is 0 Å². The minimum Gasteiger partial charge on any atom is -0.444 e. The van der Waals surface area contributed by atoms with Crippen LogP contribution in [0.4, 0.5) is 4.79 Å². The van der Waals surface area contributed by atoms with E-state index >= 15 is 0 Å². The van der Waals surface area contributed by atoms with Crippen LogP contribution in [0, 0.1) is 0 Å². The number of carbonyl (C=O) groups is 1. The molecule has 1 fully saturated rings. The normalized spacial score (nSPS) is 17.6. The Balaban J connectivity index is 2.20. The molecule has 30 heavy (non-hydrogen) atoms. The van der Waals surface area contributed by atoms with Crippen LogP contribution in [0.15, 0.2) is 4.99 Å². The Morgan fingerprint density at radius 2 is 1.73 bits per heavy atom. The van der Waals surface area contributed by atoms with Crippen LogP contribution in [0.3, 0.4) is 0 Å². The van der Waals surface area contributed by atoms with Gasteiger partial charge in [-0.25, -0.2) is 4.79 Å². The summed E-state index contributed by atoms with van der Waals surface area (Å²) in [5, 5.41) is 6.08. The van der Waals surface area contributed by atoms with Gasteiger partial charge in [0.15, 0.2) is 5.96 Å². The first-order valence-corrected chi connectivity index (χ1v) is 12.2. The minimum atomic E-state index is -0.871. The van der Waals surface area contributed by atoms with Crippen molar-refractivity contribution in [3.8, 4) is 0 Å². The first-order chi connectivity index (χ1) is 13.9. The molecule has 1 saturated heterocycles. The molecular weight excluding hydrogens is 404 g/mol. The zero-order valence-electron chi connectivity index (χ0n) is 19.9. The van der Waals surface area contributed by atoms with Crippen molar-refractivity contribution in [2.45, 2.75) is 77.3 Å². The highest BCUT2D eigenvalue weighted by Gasteiger charge is 2.23. The highest BCUT2D eigenvalue weighted by Crippen LogP contribution is 2.14. The average Bonchev–Trinajstić information content (AvgIpc) is 2.63. The lowest BCUT2D eigenvalue weighted by Crippen LogP contribution is -2.48. The molecular formula is C21H42N4O4S. The van der Waals surface area contributed by atoms with Crippen LogP contribution < -0.4 is 10.6 Å². The van der Waals surface area contributed by atoms with Gasteiger partial charge in [-0.3, -0.25) is 9.20 Å². The Labute approximate surface area is 185 Å². The SMILES string of the molecule is CN=C(NCCS(=O)C(C)(C)C)N1CCC(OCCCNC(=O)OC(C)(C)C)CC1. The predicted molar refractivity (Wildman–Crippen MR) is 124 cm³/mol. The van der Waals surface area contributed by atoms with Gasteiger partial charge in [-0.05, 0) is 60.8 Å². The summed E-state index contributed by atoms with van der Waals surface area (Å²) in [6.45, 7) is 15.1. The summed E-state index contributed by atoms with van der Waals surface area (Å²) in [6.07, 6.45) is 2.48. The summed E-state index contributed by atoms with van der Waals surface area (Å²) < 4.78 is 23.1. The van der Waals surface area contributed by atoms with Gasteiger partial charge in [-0.15, -0.1) is 0 Å². The lowest BCUT2D eigenvalue weighted by atomic mass is 10.1. The van der Waals surface area contributed by atoms with Crippen molar-refractivity contribution >= 4 is 22.9 Å². The molecule has 0 aromatic carbocycles. The molecule has 8 nitrogen and oxygen atoms in total. The van der Waals surface area contributed by atoms with E-state index in [0.717, 1.165) is 38.3 Å². The molecule has 0 saturated carbocycles. The summed E-state index contributed by atoms with van der Waals surface area (Å²) in [4.78, 5) is 18.2. The van der Waals surface area contributed by atoms with Gasteiger partial charge in [0.25, 0.3) is 0 Å². The molecule has 1 amide bonds. The molecule has 0 aliphatic carbocycles. The second-order valence-electron chi connectivity index (χ2n) is 9.48. The molecule has 0 bridgehead atoms. The summed E-state index contributed by atoms with van der Waals surface area (Å²) in [5.74, 6) is 1.47. The summed E-state index contributed by atoms with van der Waals surface area (Å²) in [7, 11) is 0.911. The maximum absolute atomic E-state index is 12.2. The number of likely N-dealkylation sites (tertiary alicyclic amines) is 1. The smallest absolute Gasteiger partial charge is 0.407 e. The molecule has 9 heteroatoms. The molecule has 1 aliphatic rings. The van der Waals surface area contributed by atoms with Crippen molar-refractivity contribution in [1.82, 2.24) is 15.5 Å². The Hall–Kier alpha value is -1.35. The van der Waals surface area contributed by atoms with E-state index in [-0.39, 0.29) is 16.9 Å². The number of nitrogens with zero attached hydrogens (tertiary/aromatic N) is 2. The lowest BCUT2D eigenvalue weighted by molar-refractivity contribution is 0.0170. The number of hydrogen-bond donors (Lipinski definition) is 2. The van der Waals surface area contributed by atoms with Crippen LogP contribution in [-0.2, 0) is 20.3 Å². The van der Waals surface area contributed by atoms with Crippen molar-refractivity contribution in [3.63, 3.8) is 0 Å². The number of amides is 1.